The van der Waals surface area contributed by atoms with Crippen LogP contribution in [0.5, 0.6) is 0 Å². The van der Waals surface area contributed by atoms with Crippen LogP contribution in [0.2, 0.25) is 0 Å². The molecule has 9 nitrogen and oxygen atoms in total. The highest BCUT2D eigenvalue weighted by Crippen LogP contribution is 2.25. The molecule has 170 valence electrons. The van der Waals surface area contributed by atoms with Gasteiger partial charge in [-0.2, -0.15) is 5.26 Å². The third-order valence-electron chi connectivity index (χ3n) is 5.69. The number of hydrogen-bond donors (Lipinski definition) is 2. The van der Waals surface area contributed by atoms with Gasteiger partial charge in [0.1, 0.15) is 5.76 Å². The van der Waals surface area contributed by atoms with E-state index in [9.17, 15) is 9.59 Å². The molecule has 33 heavy (non-hydrogen) atoms. The van der Waals surface area contributed by atoms with Gasteiger partial charge in [0.2, 0.25) is 0 Å². The van der Waals surface area contributed by atoms with Gasteiger partial charge in [-0.1, -0.05) is 6.08 Å². The number of carbonyl (C=O) groups excluding carboxylic acids is 1. The van der Waals surface area contributed by atoms with E-state index in [1.54, 1.807) is 36.6 Å². The van der Waals surface area contributed by atoms with Gasteiger partial charge in [0.25, 0.3) is 11.5 Å². The number of nitriles is 1. The molecule has 0 spiro atoms. The second-order valence-electron chi connectivity index (χ2n) is 7.76. The number of amides is 1. The predicted octanol–water partition coefficient (Wildman–Crippen LogP) is 2.63. The number of carbonyl (C=O) groups is 1. The molecule has 0 saturated carbocycles. The molecule has 2 aliphatic rings. The van der Waals surface area contributed by atoms with Crippen molar-refractivity contribution in [2.24, 2.45) is 0 Å². The number of nitrogens with one attached hydrogen (secondary N) is 2. The van der Waals surface area contributed by atoms with E-state index in [4.69, 9.17) is 14.7 Å². The highest BCUT2D eigenvalue weighted by molar-refractivity contribution is 5.93. The van der Waals surface area contributed by atoms with E-state index < -0.39 is 0 Å². The lowest BCUT2D eigenvalue weighted by molar-refractivity contribution is 0.0907. The van der Waals surface area contributed by atoms with Crippen molar-refractivity contribution in [3.8, 4) is 11.9 Å². The normalized spacial score (nSPS) is 17.9. The highest BCUT2D eigenvalue weighted by Gasteiger charge is 2.18. The number of H-pyrrole nitrogens is 1. The van der Waals surface area contributed by atoms with Gasteiger partial charge >= 0.3 is 0 Å². The van der Waals surface area contributed by atoms with Crippen LogP contribution in [0.15, 0.2) is 58.9 Å². The van der Waals surface area contributed by atoms with Gasteiger partial charge in [-0.3, -0.25) is 14.7 Å². The molecule has 1 saturated heterocycles. The number of methoxy groups -OCH3 is 1. The Bertz CT molecular complexity index is 1200. The topological polar surface area (TPSA) is 122 Å². The quantitative estimate of drug-likeness (QED) is 0.673. The summed E-state index contributed by atoms with van der Waals surface area (Å²) >= 11 is 0. The van der Waals surface area contributed by atoms with Gasteiger partial charge in [0, 0.05) is 43.1 Å². The summed E-state index contributed by atoms with van der Waals surface area (Å²) in [6.45, 7) is 1.33. The summed E-state index contributed by atoms with van der Waals surface area (Å²) < 4.78 is 12.3. The maximum Gasteiger partial charge on any atom is 0.280 e. The van der Waals surface area contributed by atoms with Crippen molar-refractivity contribution in [1.29, 1.82) is 5.26 Å². The van der Waals surface area contributed by atoms with Crippen molar-refractivity contribution in [3.63, 3.8) is 0 Å². The lowest BCUT2D eigenvalue weighted by Gasteiger charge is -2.10. The molecule has 0 aromatic carbocycles. The minimum atomic E-state index is -0.314. The van der Waals surface area contributed by atoms with Crippen LogP contribution >= 0.6 is 0 Å². The third kappa shape index (κ3) is 4.96. The number of aromatic amines is 1. The van der Waals surface area contributed by atoms with Crippen LogP contribution < -0.4 is 10.9 Å². The minimum Gasteiger partial charge on any atom is -0.500 e. The van der Waals surface area contributed by atoms with Gasteiger partial charge in [-0.15, -0.1) is 0 Å². The number of allylic oxidation sites excluding steroid dienone is 5. The first-order valence-corrected chi connectivity index (χ1v) is 10.8. The zero-order chi connectivity index (χ0) is 23.2. The molecule has 0 bridgehead atoms. The Hall–Kier alpha value is -3.90. The summed E-state index contributed by atoms with van der Waals surface area (Å²) in [6.07, 6.45) is 11.6. The maximum absolute atomic E-state index is 13.1. The third-order valence-corrected chi connectivity index (χ3v) is 5.69. The van der Waals surface area contributed by atoms with Crippen LogP contribution in [0, 0.1) is 11.3 Å². The smallest absolute Gasteiger partial charge is 0.280 e. The van der Waals surface area contributed by atoms with Crippen LogP contribution in [0.25, 0.3) is 11.4 Å². The first-order chi connectivity index (χ1) is 16.1. The molecule has 3 heterocycles. The van der Waals surface area contributed by atoms with E-state index >= 15 is 0 Å². The Morgan fingerprint density at radius 2 is 2.30 bits per heavy atom. The molecular formula is C24H25N5O4. The van der Waals surface area contributed by atoms with E-state index in [-0.39, 0.29) is 17.6 Å². The summed E-state index contributed by atoms with van der Waals surface area (Å²) in [4.78, 5) is 29.7. The fourth-order valence-corrected chi connectivity index (χ4v) is 3.87. The van der Waals surface area contributed by atoms with Crippen molar-refractivity contribution in [2.75, 3.05) is 20.3 Å². The molecule has 2 aromatic heterocycles. The van der Waals surface area contributed by atoms with Crippen molar-refractivity contribution in [1.82, 2.24) is 20.1 Å². The first-order valence-electron chi connectivity index (χ1n) is 10.8. The standard InChI is InChI=1S/C24H25N5O4/c1-32-21-8-5-16(13-25)4-7-19(21)20-15-28-29(24(20)31)22-9-6-17(14-27-22)23(30)26-11-10-18-3-2-12-33-18/h4-7,9,14-15,18,28H,2-3,8,10-12H2,1H3,(H,26,30). The summed E-state index contributed by atoms with van der Waals surface area (Å²) in [5, 5.41) is 14.9. The Kier molecular flexibility index (Phi) is 6.86. The molecule has 0 radical (unpaired) electrons. The van der Waals surface area contributed by atoms with Gasteiger partial charge < -0.3 is 14.8 Å². The highest BCUT2D eigenvalue weighted by atomic mass is 16.5. The monoisotopic (exact) mass is 447 g/mol. The van der Waals surface area contributed by atoms with E-state index in [1.807, 2.05) is 0 Å². The molecule has 1 amide bonds. The Labute approximate surface area is 191 Å². The fraction of sp³-hybridized carbons (Fsp3) is 0.333. The zero-order valence-corrected chi connectivity index (χ0v) is 18.3. The van der Waals surface area contributed by atoms with Gasteiger partial charge in [-0.05, 0) is 43.5 Å². The maximum atomic E-state index is 13.1. The SMILES string of the molecule is COC1=C(c2c[nH]n(-c3ccc(C(=O)NCCC4CCCO4)cn3)c2=O)C=CC(C#N)=CC1. The van der Waals surface area contributed by atoms with Crippen LogP contribution in [0.3, 0.4) is 0 Å². The van der Waals surface area contributed by atoms with E-state index in [1.165, 1.54) is 18.0 Å². The average molecular weight is 447 g/mol. The summed E-state index contributed by atoms with van der Waals surface area (Å²) in [5.74, 6) is 0.726. The second kappa shape index (κ2) is 10.1. The van der Waals surface area contributed by atoms with Gasteiger partial charge in [0.15, 0.2) is 5.82 Å². The molecule has 2 N–H and O–H groups in total. The largest absolute Gasteiger partial charge is 0.500 e. The van der Waals surface area contributed by atoms with Crippen LogP contribution in [-0.2, 0) is 9.47 Å². The van der Waals surface area contributed by atoms with Crippen molar-refractivity contribution in [2.45, 2.75) is 31.8 Å². The molecule has 9 heteroatoms. The number of aromatic nitrogens is 3. The number of rotatable bonds is 7. The Balaban J connectivity index is 1.48. The number of hydrogen-bond acceptors (Lipinski definition) is 6. The minimum absolute atomic E-state index is 0.217. The zero-order valence-electron chi connectivity index (χ0n) is 18.3. The van der Waals surface area contributed by atoms with E-state index in [0.717, 1.165) is 25.9 Å². The van der Waals surface area contributed by atoms with E-state index in [0.29, 0.717) is 46.8 Å². The average Bonchev–Trinajstić information content (AvgIpc) is 3.44. The molecule has 2 aromatic rings. The van der Waals surface area contributed by atoms with Crippen LogP contribution in [0.4, 0.5) is 0 Å². The lowest BCUT2D eigenvalue weighted by Crippen LogP contribution is -2.27. The van der Waals surface area contributed by atoms with Gasteiger partial charge in [0.05, 0.1) is 30.4 Å². The molecule has 1 aliphatic carbocycles. The molecule has 1 unspecified atom stereocenters. The summed E-state index contributed by atoms with van der Waals surface area (Å²) in [5.41, 5.74) is 1.60. The van der Waals surface area contributed by atoms with Crippen molar-refractivity contribution < 1.29 is 14.3 Å². The number of ether oxygens (including phenoxy) is 2. The molecular weight excluding hydrogens is 422 g/mol. The van der Waals surface area contributed by atoms with Crippen molar-refractivity contribution in [3.05, 3.63) is 75.6 Å². The fourth-order valence-electron chi connectivity index (χ4n) is 3.87. The molecule has 1 atom stereocenters. The lowest BCUT2D eigenvalue weighted by atomic mass is 10.1. The Morgan fingerprint density at radius 3 is 3.00 bits per heavy atom. The second-order valence-corrected chi connectivity index (χ2v) is 7.76. The molecule has 1 fully saturated rings. The van der Waals surface area contributed by atoms with Crippen LogP contribution in [-0.4, -0.2) is 47.0 Å². The summed E-state index contributed by atoms with van der Waals surface area (Å²) in [6, 6.07) is 5.34. The Morgan fingerprint density at radius 1 is 1.42 bits per heavy atom. The summed E-state index contributed by atoms with van der Waals surface area (Å²) in [7, 11) is 1.53. The van der Waals surface area contributed by atoms with Gasteiger partial charge in [-0.25, -0.2) is 9.67 Å². The molecule has 4 rings (SSSR count). The number of pyridine rings is 1. The first kappa shape index (κ1) is 22.3. The van der Waals surface area contributed by atoms with E-state index in [2.05, 4.69) is 21.5 Å². The number of nitrogens with zero attached hydrogens (tertiary/aromatic N) is 3. The van der Waals surface area contributed by atoms with Crippen molar-refractivity contribution >= 4 is 11.5 Å². The predicted molar refractivity (Wildman–Crippen MR) is 121 cm³/mol. The van der Waals surface area contributed by atoms with Crippen LogP contribution in [0.1, 0.15) is 41.6 Å². The molecule has 1 aliphatic heterocycles.